The normalized spacial score (nSPS) is 11.3. The van der Waals surface area contributed by atoms with Crippen LogP contribution in [0.15, 0.2) is 71.6 Å². The molecule has 0 amide bonds. The van der Waals surface area contributed by atoms with Crippen molar-refractivity contribution in [3.05, 3.63) is 88.7 Å². The van der Waals surface area contributed by atoms with Crippen LogP contribution in [0.4, 0.5) is 4.39 Å². The average Bonchev–Trinajstić information content (AvgIpc) is 2.61. The molecular weight excluding hydrogens is 377 g/mol. The smallest absolute Gasteiger partial charge is 0.239 e. The number of nitrogens with two attached hydrogens (primary N) is 1. The Hall–Kier alpha value is -2.54. The maximum atomic E-state index is 13.8. The van der Waals surface area contributed by atoms with Crippen LogP contribution in [0.1, 0.15) is 15.9 Å². The molecule has 0 bridgehead atoms. The first-order valence-electron chi connectivity index (χ1n) is 7.49. The summed E-state index contributed by atoms with van der Waals surface area (Å²) in [5.41, 5.74) is 1.51. The molecule has 0 atom stereocenters. The summed E-state index contributed by atoms with van der Waals surface area (Å²) in [5, 5.41) is 5.05. The number of rotatable bonds is 4. The number of halogens is 2. The van der Waals surface area contributed by atoms with Gasteiger partial charge in [0.1, 0.15) is 10.7 Å². The van der Waals surface area contributed by atoms with Gasteiger partial charge in [0.15, 0.2) is 5.78 Å². The Morgan fingerprint density at radius 1 is 0.923 bits per heavy atom. The van der Waals surface area contributed by atoms with Gasteiger partial charge in [-0.25, -0.2) is 17.9 Å². The van der Waals surface area contributed by atoms with Crippen molar-refractivity contribution in [2.75, 3.05) is 0 Å². The van der Waals surface area contributed by atoms with Crippen molar-refractivity contribution in [1.29, 1.82) is 0 Å². The van der Waals surface area contributed by atoms with E-state index in [9.17, 15) is 17.6 Å². The topological polar surface area (TPSA) is 77.2 Å². The summed E-state index contributed by atoms with van der Waals surface area (Å²) in [4.78, 5) is 12.3. The Morgan fingerprint density at radius 3 is 2.15 bits per heavy atom. The third-order valence-corrected chi connectivity index (χ3v) is 5.22. The summed E-state index contributed by atoms with van der Waals surface area (Å²) >= 11 is 5.83. The van der Waals surface area contributed by atoms with Crippen LogP contribution in [-0.4, -0.2) is 14.2 Å². The van der Waals surface area contributed by atoms with E-state index in [2.05, 4.69) is 0 Å². The third kappa shape index (κ3) is 3.67. The summed E-state index contributed by atoms with van der Waals surface area (Å²) in [6, 6.07) is 16.5. The molecule has 2 N–H and O–H groups in total. The molecule has 3 aromatic rings. The Balaban J connectivity index is 1.96. The molecule has 0 aromatic heterocycles. The molecule has 0 saturated carbocycles. The van der Waals surface area contributed by atoms with Gasteiger partial charge in [0.25, 0.3) is 0 Å². The molecule has 0 aliphatic rings. The van der Waals surface area contributed by atoms with E-state index in [-0.39, 0.29) is 21.3 Å². The molecule has 7 heteroatoms. The summed E-state index contributed by atoms with van der Waals surface area (Å²) in [7, 11) is -4.05. The second-order valence-corrected chi connectivity index (χ2v) is 7.51. The number of ketones is 1. The molecule has 26 heavy (non-hydrogen) atoms. The lowest BCUT2D eigenvalue weighted by molar-refractivity contribution is 0.103. The number of benzene rings is 3. The maximum absolute atomic E-state index is 13.8. The summed E-state index contributed by atoms with van der Waals surface area (Å²) in [6.45, 7) is 0. The molecule has 3 aromatic carbocycles. The maximum Gasteiger partial charge on any atom is 0.239 e. The Labute approximate surface area is 155 Å². The van der Waals surface area contributed by atoms with Crippen LogP contribution in [0, 0.1) is 5.82 Å². The van der Waals surface area contributed by atoms with Crippen molar-refractivity contribution in [1.82, 2.24) is 0 Å². The van der Waals surface area contributed by atoms with Gasteiger partial charge in [0.05, 0.1) is 5.02 Å². The summed E-state index contributed by atoms with van der Waals surface area (Å²) < 4.78 is 36.9. The van der Waals surface area contributed by atoms with Crippen molar-refractivity contribution < 1.29 is 17.6 Å². The van der Waals surface area contributed by atoms with Crippen LogP contribution in [0.3, 0.4) is 0 Å². The third-order valence-electron chi connectivity index (χ3n) is 3.83. The fraction of sp³-hybridized carbons (Fsp3) is 0. The van der Waals surface area contributed by atoms with Crippen LogP contribution < -0.4 is 5.14 Å². The van der Waals surface area contributed by atoms with Gasteiger partial charge in [0, 0.05) is 16.7 Å². The molecule has 3 rings (SSSR count). The minimum Gasteiger partial charge on any atom is -0.289 e. The molecular formula is C19H13ClFNO3S. The Morgan fingerprint density at radius 2 is 1.54 bits per heavy atom. The Kier molecular flexibility index (Phi) is 4.91. The van der Waals surface area contributed by atoms with E-state index in [1.165, 1.54) is 18.2 Å². The van der Waals surface area contributed by atoms with Gasteiger partial charge in [-0.05, 0) is 29.8 Å². The number of carbonyl (C=O) groups is 1. The number of hydrogen-bond donors (Lipinski definition) is 1. The van der Waals surface area contributed by atoms with Crippen LogP contribution in [0.5, 0.6) is 0 Å². The first kappa shape index (κ1) is 18.3. The predicted molar refractivity (Wildman–Crippen MR) is 98.1 cm³/mol. The van der Waals surface area contributed by atoms with Crippen LogP contribution in [0.25, 0.3) is 11.1 Å². The highest BCUT2D eigenvalue weighted by Gasteiger charge is 2.17. The van der Waals surface area contributed by atoms with E-state index in [0.717, 1.165) is 6.07 Å². The molecule has 132 valence electrons. The molecule has 0 aliphatic carbocycles. The monoisotopic (exact) mass is 389 g/mol. The van der Waals surface area contributed by atoms with Crippen molar-refractivity contribution in [2.24, 2.45) is 5.14 Å². The summed E-state index contributed by atoms with van der Waals surface area (Å²) in [5.74, 6) is -0.756. The fourth-order valence-corrected chi connectivity index (χ4v) is 3.60. The highest BCUT2D eigenvalue weighted by atomic mass is 35.5. The lowest BCUT2D eigenvalue weighted by Gasteiger charge is -2.07. The molecule has 0 radical (unpaired) electrons. The van der Waals surface area contributed by atoms with Gasteiger partial charge in [-0.1, -0.05) is 54.1 Å². The number of primary sulfonamides is 1. The van der Waals surface area contributed by atoms with Gasteiger partial charge >= 0.3 is 0 Å². The zero-order chi connectivity index (χ0) is 18.9. The van der Waals surface area contributed by atoms with Gasteiger partial charge in [-0.15, -0.1) is 0 Å². The van der Waals surface area contributed by atoms with Crippen molar-refractivity contribution in [3.63, 3.8) is 0 Å². The molecule has 0 aliphatic heterocycles. The predicted octanol–water partition coefficient (Wildman–Crippen LogP) is 4.02. The van der Waals surface area contributed by atoms with E-state index in [0.29, 0.717) is 16.7 Å². The molecule has 0 heterocycles. The standard InChI is InChI=1S/C19H13ClFNO3S/c20-16-10-9-14(11-18(16)26(22,24)25)19(23)13-7-5-12(6-8-13)15-3-1-2-4-17(15)21/h1-11H,(H2,22,24,25). The minimum absolute atomic E-state index is 0.0565. The van der Waals surface area contributed by atoms with Crippen LogP contribution >= 0.6 is 11.6 Å². The van der Waals surface area contributed by atoms with E-state index in [4.69, 9.17) is 16.7 Å². The van der Waals surface area contributed by atoms with E-state index in [1.807, 2.05) is 0 Å². The SMILES string of the molecule is NS(=O)(=O)c1cc(C(=O)c2ccc(-c3ccccc3F)cc2)ccc1Cl. The lowest BCUT2D eigenvalue weighted by atomic mass is 9.99. The molecule has 0 saturated heterocycles. The lowest BCUT2D eigenvalue weighted by Crippen LogP contribution is -2.14. The van der Waals surface area contributed by atoms with E-state index < -0.39 is 15.8 Å². The summed E-state index contributed by atoms with van der Waals surface area (Å²) in [6.07, 6.45) is 0. The molecule has 0 fully saturated rings. The second-order valence-electron chi connectivity index (χ2n) is 5.58. The van der Waals surface area contributed by atoms with E-state index >= 15 is 0 Å². The first-order chi connectivity index (χ1) is 12.3. The zero-order valence-corrected chi connectivity index (χ0v) is 14.9. The number of hydrogen-bond acceptors (Lipinski definition) is 3. The van der Waals surface area contributed by atoms with E-state index in [1.54, 1.807) is 42.5 Å². The van der Waals surface area contributed by atoms with Gasteiger partial charge in [-0.3, -0.25) is 4.79 Å². The van der Waals surface area contributed by atoms with Crippen molar-refractivity contribution in [2.45, 2.75) is 4.90 Å². The highest BCUT2D eigenvalue weighted by Crippen LogP contribution is 2.25. The first-order valence-corrected chi connectivity index (χ1v) is 9.42. The molecule has 0 spiro atoms. The number of sulfonamides is 1. The largest absolute Gasteiger partial charge is 0.289 e. The highest BCUT2D eigenvalue weighted by molar-refractivity contribution is 7.89. The van der Waals surface area contributed by atoms with Crippen molar-refractivity contribution in [3.8, 4) is 11.1 Å². The quantitative estimate of drug-likeness (QED) is 0.684. The fourth-order valence-electron chi connectivity index (χ4n) is 2.53. The zero-order valence-electron chi connectivity index (χ0n) is 13.3. The molecule has 0 unspecified atom stereocenters. The average molecular weight is 390 g/mol. The number of carbonyl (C=O) groups excluding carboxylic acids is 1. The van der Waals surface area contributed by atoms with Crippen LogP contribution in [-0.2, 0) is 10.0 Å². The van der Waals surface area contributed by atoms with Gasteiger partial charge in [0.2, 0.25) is 10.0 Å². The second kappa shape index (κ2) is 6.99. The Bertz CT molecular complexity index is 1100. The van der Waals surface area contributed by atoms with Gasteiger partial charge < -0.3 is 0 Å². The minimum atomic E-state index is -4.05. The van der Waals surface area contributed by atoms with Crippen LogP contribution in [0.2, 0.25) is 5.02 Å². The van der Waals surface area contributed by atoms with Gasteiger partial charge in [-0.2, -0.15) is 0 Å². The van der Waals surface area contributed by atoms with Crippen molar-refractivity contribution >= 4 is 27.4 Å². The molecule has 4 nitrogen and oxygen atoms in total.